The van der Waals surface area contributed by atoms with E-state index in [2.05, 4.69) is 5.32 Å². The second-order valence-electron chi connectivity index (χ2n) is 7.52. The monoisotopic (exact) mass is 469 g/mol. The maximum atomic E-state index is 13.0. The first-order chi connectivity index (χ1) is 15.5. The number of halogens is 2. The first-order valence-electron chi connectivity index (χ1n) is 10.2. The highest BCUT2D eigenvalue weighted by Crippen LogP contribution is 2.42. The van der Waals surface area contributed by atoms with Gasteiger partial charge in [0.15, 0.2) is 0 Å². The van der Waals surface area contributed by atoms with Gasteiger partial charge in [0.2, 0.25) is 0 Å². The number of fused-ring (bicyclic) bond motifs is 1. The minimum absolute atomic E-state index is 0.132. The largest absolute Gasteiger partial charge is 0.460 e. The summed E-state index contributed by atoms with van der Waals surface area (Å²) in [5.74, 6) is -1.65. The molecule has 0 aromatic heterocycles. The summed E-state index contributed by atoms with van der Waals surface area (Å²) in [5, 5.41) is 3.87. The zero-order chi connectivity index (χ0) is 22.5. The number of benzene rings is 3. The van der Waals surface area contributed by atoms with Gasteiger partial charge in [-0.25, -0.2) is 4.79 Å². The Morgan fingerprint density at radius 3 is 2.00 bits per heavy atom. The van der Waals surface area contributed by atoms with Crippen LogP contribution in [0.3, 0.4) is 0 Å². The molecule has 1 heterocycles. The number of hydrogen-bond donors (Lipinski definition) is 1. The van der Waals surface area contributed by atoms with Crippen LogP contribution in [0.5, 0.6) is 0 Å². The van der Waals surface area contributed by atoms with E-state index in [1.165, 1.54) is 0 Å². The molecule has 164 valence electrons. The maximum Gasteiger partial charge on any atom is 0.328 e. The summed E-state index contributed by atoms with van der Waals surface area (Å²) in [5.41, 5.74) is 2.84. The number of carbonyl (C=O) groups is 2. The maximum absolute atomic E-state index is 13.0. The van der Waals surface area contributed by atoms with Gasteiger partial charge >= 0.3 is 11.9 Å². The molecule has 0 saturated carbocycles. The van der Waals surface area contributed by atoms with Gasteiger partial charge in [-0.05, 0) is 29.7 Å². The number of ether oxygens (including phenoxy) is 2. The van der Waals surface area contributed by atoms with Crippen molar-refractivity contribution in [1.29, 1.82) is 0 Å². The van der Waals surface area contributed by atoms with E-state index in [1.54, 1.807) is 12.1 Å². The van der Waals surface area contributed by atoms with Gasteiger partial charge in [-0.15, -0.1) is 0 Å². The highest BCUT2D eigenvalue weighted by Gasteiger charge is 2.38. The lowest BCUT2D eigenvalue weighted by molar-refractivity contribution is -0.149. The van der Waals surface area contributed by atoms with Gasteiger partial charge in [-0.3, -0.25) is 4.79 Å². The van der Waals surface area contributed by atoms with Gasteiger partial charge in [0.25, 0.3) is 0 Å². The van der Waals surface area contributed by atoms with Crippen LogP contribution in [0.2, 0.25) is 10.0 Å². The van der Waals surface area contributed by atoms with Crippen LogP contribution >= 0.6 is 23.2 Å². The average Bonchev–Trinajstić information content (AvgIpc) is 2.81. The van der Waals surface area contributed by atoms with Crippen molar-refractivity contribution >= 4 is 40.8 Å². The lowest BCUT2D eigenvalue weighted by Gasteiger charge is -2.31. The molecule has 32 heavy (non-hydrogen) atoms. The lowest BCUT2D eigenvalue weighted by Crippen LogP contribution is -2.39. The fourth-order valence-corrected chi connectivity index (χ4v) is 4.31. The third-order valence-electron chi connectivity index (χ3n) is 5.26. The van der Waals surface area contributed by atoms with Crippen LogP contribution in [0.15, 0.2) is 72.8 Å². The van der Waals surface area contributed by atoms with Crippen LogP contribution in [0.1, 0.15) is 29.0 Å². The van der Waals surface area contributed by atoms with Crippen LogP contribution < -0.4 is 5.32 Å². The molecular weight excluding hydrogens is 449 g/mol. The van der Waals surface area contributed by atoms with Gasteiger partial charge in [-0.1, -0.05) is 83.9 Å². The Morgan fingerprint density at radius 1 is 0.844 bits per heavy atom. The summed E-state index contributed by atoms with van der Waals surface area (Å²) in [6.07, 6.45) is 0.162. The Balaban J connectivity index is 1.52. The van der Waals surface area contributed by atoms with Crippen molar-refractivity contribution in [3.05, 3.63) is 99.5 Å². The zero-order valence-corrected chi connectivity index (χ0v) is 18.6. The molecule has 2 atom stereocenters. The van der Waals surface area contributed by atoms with E-state index in [0.29, 0.717) is 21.3 Å². The molecule has 1 aliphatic rings. The zero-order valence-electron chi connectivity index (χ0n) is 17.1. The highest BCUT2D eigenvalue weighted by molar-refractivity contribution is 6.36. The molecule has 0 spiro atoms. The first-order valence-corrected chi connectivity index (χ1v) is 10.9. The molecule has 0 amide bonds. The normalized spacial score (nSPS) is 17.1. The van der Waals surface area contributed by atoms with Crippen molar-refractivity contribution in [1.82, 2.24) is 0 Å². The number of nitrogens with one attached hydrogen (secondary N) is 1. The van der Waals surface area contributed by atoms with Crippen LogP contribution in [0.25, 0.3) is 0 Å². The van der Waals surface area contributed by atoms with Gasteiger partial charge in [0, 0.05) is 21.3 Å². The molecule has 0 bridgehead atoms. The predicted molar refractivity (Wildman–Crippen MR) is 124 cm³/mol. The van der Waals surface area contributed by atoms with Gasteiger partial charge in [0.05, 0.1) is 5.92 Å². The van der Waals surface area contributed by atoms with E-state index >= 15 is 0 Å². The minimum Gasteiger partial charge on any atom is -0.460 e. The van der Waals surface area contributed by atoms with E-state index in [-0.39, 0.29) is 19.6 Å². The summed E-state index contributed by atoms with van der Waals surface area (Å²) in [6, 6.07) is 21.3. The summed E-state index contributed by atoms with van der Waals surface area (Å²) < 4.78 is 11.0. The average molecular weight is 470 g/mol. The molecule has 7 heteroatoms. The topological polar surface area (TPSA) is 64.6 Å². The summed E-state index contributed by atoms with van der Waals surface area (Å²) >= 11 is 12.6. The standard InChI is InChI=1S/C25H21Cl2NO4/c26-18-11-20(27)23-19(24(29)31-14-16-7-3-1-4-8-16)13-22(28-21(23)12-18)25(30)32-15-17-9-5-2-6-10-17/h1-12,19,22,28H,13-15H2. The SMILES string of the molecule is O=C(OCc1ccccc1)C1CC(C(=O)OCc2ccccc2)c2c(Cl)cc(Cl)cc2N1. The Bertz CT molecular complexity index is 1110. The Morgan fingerprint density at radius 2 is 1.41 bits per heavy atom. The molecule has 0 aliphatic carbocycles. The Kier molecular flexibility index (Phi) is 6.98. The van der Waals surface area contributed by atoms with Crippen molar-refractivity contribution < 1.29 is 19.1 Å². The van der Waals surface area contributed by atoms with Crippen molar-refractivity contribution in [3.8, 4) is 0 Å². The predicted octanol–water partition coefficient (Wildman–Crippen LogP) is 5.75. The number of hydrogen-bond acceptors (Lipinski definition) is 5. The highest BCUT2D eigenvalue weighted by atomic mass is 35.5. The molecule has 0 saturated heterocycles. The molecule has 5 nitrogen and oxygen atoms in total. The molecular formula is C25H21Cl2NO4. The summed E-state index contributed by atoms with van der Waals surface area (Å²) in [7, 11) is 0. The van der Waals surface area contributed by atoms with Crippen LogP contribution in [0, 0.1) is 0 Å². The van der Waals surface area contributed by atoms with Gasteiger partial charge in [0.1, 0.15) is 19.3 Å². The number of carbonyl (C=O) groups excluding carboxylic acids is 2. The third-order valence-corrected chi connectivity index (χ3v) is 5.79. The molecule has 0 radical (unpaired) electrons. The number of anilines is 1. The van der Waals surface area contributed by atoms with Crippen LogP contribution in [-0.4, -0.2) is 18.0 Å². The second-order valence-corrected chi connectivity index (χ2v) is 8.36. The van der Waals surface area contributed by atoms with Crippen LogP contribution in [-0.2, 0) is 32.3 Å². The fourth-order valence-electron chi connectivity index (χ4n) is 3.69. The number of esters is 2. The number of rotatable bonds is 6. The van der Waals surface area contributed by atoms with Crippen molar-refractivity contribution in [2.75, 3.05) is 5.32 Å². The van der Waals surface area contributed by atoms with E-state index in [4.69, 9.17) is 32.7 Å². The lowest BCUT2D eigenvalue weighted by atomic mass is 9.86. The van der Waals surface area contributed by atoms with Crippen molar-refractivity contribution in [3.63, 3.8) is 0 Å². The van der Waals surface area contributed by atoms with Gasteiger partial charge < -0.3 is 14.8 Å². The molecule has 0 fully saturated rings. The molecule has 3 aromatic carbocycles. The third kappa shape index (κ3) is 5.23. The van der Waals surface area contributed by atoms with E-state index < -0.39 is 23.9 Å². The second kappa shape index (κ2) is 10.1. The summed E-state index contributed by atoms with van der Waals surface area (Å²) in [6.45, 7) is 0.275. The fraction of sp³-hybridized carbons (Fsp3) is 0.200. The van der Waals surface area contributed by atoms with Gasteiger partial charge in [-0.2, -0.15) is 0 Å². The van der Waals surface area contributed by atoms with E-state index in [0.717, 1.165) is 11.1 Å². The minimum atomic E-state index is -0.741. The van der Waals surface area contributed by atoms with E-state index in [1.807, 2.05) is 60.7 Å². The Labute approximate surface area is 196 Å². The van der Waals surface area contributed by atoms with E-state index in [9.17, 15) is 9.59 Å². The smallest absolute Gasteiger partial charge is 0.328 e. The molecule has 3 aromatic rings. The quantitative estimate of drug-likeness (QED) is 0.465. The molecule has 4 rings (SSSR count). The molecule has 1 aliphatic heterocycles. The van der Waals surface area contributed by atoms with Crippen LogP contribution in [0.4, 0.5) is 5.69 Å². The molecule has 2 unspecified atom stereocenters. The summed E-state index contributed by atoms with van der Waals surface area (Å²) in [4.78, 5) is 25.8. The van der Waals surface area contributed by atoms with Crippen molar-refractivity contribution in [2.24, 2.45) is 0 Å². The first kappa shape index (κ1) is 22.2. The van der Waals surface area contributed by atoms with Crippen molar-refractivity contribution in [2.45, 2.75) is 31.6 Å². The molecule has 1 N–H and O–H groups in total. The Hall–Kier alpha value is -3.02.